The van der Waals surface area contributed by atoms with Crippen LogP contribution in [-0.2, 0) is 6.42 Å². The lowest BCUT2D eigenvalue weighted by Crippen LogP contribution is -2.49. The first kappa shape index (κ1) is 19.3. The maximum absolute atomic E-state index is 10.8. The summed E-state index contributed by atoms with van der Waals surface area (Å²) in [7, 11) is 0. The molecule has 1 aromatic heterocycles. The zero-order chi connectivity index (χ0) is 17.6. The van der Waals surface area contributed by atoms with Crippen molar-refractivity contribution in [1.82, 2.24) is 10.2 Å². The third-order valence-corrected chi connectivity index (χ3v) is 6.70. The molecule has 0 aromatic carbocycles. The summed E-state index contributed by atoms with van der Waals surface area (Å²) in [4.78, 5) is 4.14. The largest absolute Gasteiger partial charge is 0.386 e. The number of nitrogens with zero attached hydrogens (tertiary/aromatic N) is 1. The molecule has 3 unspecified atom stereocenters. The Morgan fingerprint density at radius 2 is 1.80 bits per heavy atom. The van der Waals surface area contributed by atoms with Crippen LogP contribution in [0.1, 0.15) is 60.8 Å². The molecule has 3 atom stereocenters. The predicted molar refractivity (Wildman–Crippen MR) is 101 cm³/mol. The summed E-state index contributed by atoms with van der Waals surface area (Å²) in [6.45, 7) is 2.74. The Bertz CT molecular complexity index is 509. The van der Waals surface area contributed by atoms with Crippen LogP contribution in [0.5, 0.6) is 0 Å². The van der Waals surface area contributed by atoms with Gasteiger partial charge < -0.3 is 20.6 Å². The molecule has 3 rings (SSSR count). The van der Waals surface area contributed by atoms with Crippen LogP contribution >= 0.6 is 11.3 Å². The van der Waals surface area contributed by atoms with Crippen LogP contribution in [0.2, 0.25) is 0 Å². The number of thiophene rings is 1. The van der Waals surface area contributed by atoms with Crippen LogP contribution in [0.4, 0.5) is 0 Å². The molecule has 6 heteroatoms. The first-order valence-corrected chi connectivity index (χ1v) is 10.6. The Labute approximate surface area is 154 Å². The number of piperidine rings is 1. The monoisotopic (exact) mass is 368 g/mol. The van der Waals surface area contributed by atoms with Crippen molar-refractivity contribution in [3.8, 4) is 0 Å². The minimum Gasteiger partial charge on any atom is -0.386 e. The lowest BCUT2D eigenvalue weighted by molar-refractivity contribution is -0.137. The topological polar surface area (TPSA) is 76.0 Å². The summed E-state index contributed by atoms with van der Waals surface area (Å²) in [5.41, 5.74) is 0. The number of hydrogen-bond donors (Lipinski definition) is 4. The molecule has 5 nitrogen and oxygen atoms in total. The number of nitrogens with one attached hydrogen (secondary N) is 1. The second kappa shape index (κ2) is 9.44. The normalized spacial score (nSPS) is 25.7. The van der Waals surface area contributed by atoms with E-state index in [0.717, 1.165) is 43.8 Å². The number of hydrogen-bond acceptors (Lipinski definition) is 6. The summed E-state index contributed by atoms with van der Waals surface area (Å²) in [6.07, 6.45) is 6.97. The Morgan fingerprint density at radius 3 is 2.56 bits per heavy atom. The molecule has 0 saturated carbocycles. The van der Waals surface area contributed by atoms with Gasteiger partial charge in [0.1, 0.15) is 6.10 Å². The zero-order valence-corrected chi connectivity index (χ0v) is 15.8. The van der Waals surface area contributed by atoms with Gasteiger partial charge in [0.2, 0.25) is 0 Å². The summed E-state index contributed by atoms with van der Waals surface area (Å²) >= 11 is 1.61. The number of aliphatic hydroxyl groups is 3. The molecule has 0 amide bonds. The minimum absolute atomic E-state index is 0.521. The quantitative estimate of drug-likeness (QED) is 0.578. The highest BCUT2D eigenvalue weighted by Gasteiger charge is 2.34. The van der Waals surface area contributed by atoms with Crippen molar-refractivity contribution in [3.05, 3.63) is 21.9 Å². The smallest absolute Gasteiger partial charge is 0.170 e. The molecule has 142 valence electrons. The molecule has 0 bridgehead atoms. The van der Waals surface area contributed by atoms with Crippen molar-refractivity contribution in [2.45, 2.75) is 75.8 Å². The molecule has 2 fully saturated rings. The van der Waals surface area contributed by atoms with Crippen LogP contribution < -0.4 is 5.32 Å². The maximum atomic E-state index is 10.8. The fourth-order valence-corrected chi connectivity index (χ4v) is 5.24. The van der Waals surface area contributed by atoms with Crippen molar-refractivity contribution >= 4 is 11.3 Å². The second-order valence-electron chi connectivity index (χ2n) is 7.45. The van der Waals surface area contributed by atoms with Crippen LogP contribution in [0.15, 0.2) is 12.1 Å². The van der Waals surface area contributed by atoms with Gasteiger partial charge in [-0.3, -0.25) is 4.90 Å². The summed E-state index contributed by atoms with van der Waals surface area (Å²) < 4.78 is 0. The van der Waals surface area contributed by atoms with Crippen LogP contribution in [0.3, 0.4) is 0 Å². The third-order valence-electron chi connectivity index (χ3n) is 5.53. The molecular formula is C19H32N2O3S. The molecular weight excluding hydrogens is 336 g/mol. The van der Waals surface area contributed by atoms with E-state index in [1.807, 2.05) is 11.0 Å². The van der Waals surface area contributed by atoms with E-state index in [4.69, 9.17) is 0 Å². The molecule has 2 aliphatic heterocycles. The average molecular weight is 369 g/mol. The van der Waals surface area contributed by atoms with Crippen molar-refractivity contribution in [3.63, 3.8) is 0 Å². The fraction of sp³-hybridized carbons (Fsp3) is 0.789. The highest BCUT2D eigenvalue weighted by atomic mass is 32.1. The van der Waals surface area contributed by atoms with E-state index < -0.39 is 18.4 Å². The lowest BCUT2D eigenvalue weighted by Gasteiger charge is -2.37. The molecule has 3 heterocycles. The Morgan fingerprint density at radius 1 is 1.04 bits per heavy atom. The summed E-state index contributed by atoms with van der Waals surface area (Å²) in [6, 6.07) is 3.93. The van der Waals surface area contributed by atoms with E-state index in [9.17, 15) is 15.3 Å². The average Bonchev–Trinajstić information content (AvgIpc) is 2.91. The minimum atomic E-state index is -1.53. The van der Waals surface area contributed by atoms with Gasteiger partial charge in [0, 0.05) is 15.8 Å². The standard InChI is InChI=1S/C19H32N2O3S/c22-18(17(19(23)24)21-11-5-2-6-12-21)16-9-8-15(25-16)13-14-7-3-1-4-10-20-14/h8-9,14,17-20,22-24H,1-7,10-13H2. The van der Waals surface area contributed by atoms with Gasteiger partial charge in [-0.25, -0.2) is 0 Å². The Hall–Kier alpha value is -0.500. The van der Waals surface area contributed by atoms with Crippen molar-refractivity contribution in [2.75, 3.05) is 19.6 Å². The Balaban J connectivity index is 1.64. The van der Waals surface area contributed by atoms with Gasteiger partial charge in [0.25, 0.3) is 0 Å². The van der Waals surface area contributed by atoms with E-state index in [1.165, 1.54) is 37.0 Å². The van der Waals surface area contributed by atoms with Crippen molar-refractivity contribution in [1.29, 1.82) is 0 Å². The molecule has 2 aliphatic rings. The third kappa shape index (κ3) is 5.25. The lowest BCUT2D eigenvalue weighted by atomic mass is 10.0. The number of rotatable bonds is 6. The van der Waals surface area contributed by atoms with Gasteiger partial charge in [-0.1, -0.05) is 19.3 Å². The molecule has 2 saturated heterocycles. The van der Waals surface area contributed by atoms with Gasteiger partial charge in [0.05, 0.1) is 6.04 Å². The fourth-order valence-electron chi connectivity index (χ4n) is 4.12. The molecule has 0 aliphatic carbocycles. The highest BCUT2D eigenvalue weighted by Crippen LogP contribution is 2.31. The van der Waals surface area contributed by atoms with E-state index in [-0.39, 0.29) is 0 Å². The number of aliphatic hydroxyl groups excluding tert-OH is 2. The molecule has 4 N–H and O–H groups in total. The Kier molecular flexibility index (Phi) is 7.28. The molecule has 0 radical (unpaired) electrons. The van der Waals surface area contributed by atoms with Gasteiger partial charge in [-0.2, -0.15) is 0 Å². The van der Waals surface area contributed by atoms with Crippen molar-refractivity contribution in [2.24, 2.45) is 0 Å². The van der Waals surface area contributed by atoms with Gasteiger partial charge in [-0.05, 0) is 63.9 Å². The summed E-state index contributed by atoms with van der Waals surface area (Å²) in [5.74, 6) is 0. The molecule has 1 aromatic rings. The summed E-state index contributed by atoms with van der Waals surface area (Å²) in [5, 5.41) is 34.1. The van der Waals surface area contributed by atoms with E-state index in [1.54, 1.807) is 11.3 Å². The van der Waals surface area contributed by atoms with E-state index in [2.05, 4.69) is 11.4 Å². The first-order valence-electron chi connectivity index (χ1n) is 9.75. The second-order valence-corrected chi connectivity index (χ2v) is 8.65. The van der Waals surface area contributed by atoms with E-state index >= 15 is 0 Å². The van der Waals surface area contributed by atoms with Crippen LogP contribution in [0.25, 0.3) is 0 Å². The van der Waals surface area contributed by atoms with E-state index in [0.29, 0.717) is 6.04 Å². The molecule has 0 spiro atoms. The van der Waals surface area contributed by atoms with Crippen LogP contribution in [-0.4, -0.2) is 58.2 Å². The zero-order valence-electron chi connectivity index (χ0n) is 14.9. The van der Waals surface area contributed by atoms with Gasteiger partial charge in [-0.15, -0.1) is 11.3 Å². The number of likely N-dealkylation sites (tertiary alicyclic amines) is 1. The highest BCUT2D eigenvalue weighted by molar-refractivity contribution is 7.12. The first-order chi connectivity index (χ1) is 12.1. The van der Waals surface area contributed by atoms with Crippen LogP contribution in [0, 0.1) is 0 Å². The molecule has 25 heavy (non-hydrogen) atoms. The van der Waals surface area contributed by atoms with Gasteiger partial charge >= 0.3 is 0 Å². The maximum Gasteiger partial charge on any atom is 0.170 e. The van der Waals surface area contributed by atoms with Gasteiger partial charge in [0.15, 0.2) is 6.29 Å². The SMILES string of the molecule is OC(O)C(C(O)c1ccc(CC2CCCCCN2)s1)N1CCCCC1. The van der Waals surface area contributed by atoms with Crippen molar-refractivity contribution < 1.29 is 15.3 Å². The predicted octanol–water partition coefficient (Wildman–Crippen LogP) is 2.02.